The van der Waals surface area contributed by atoms with Crippen LogP contribution in [0.25, 0.3) is 5.95 Å². The summed E-state index contributed by atoms with van der Waals surface area (Å²) >= 11 is 12.0. The molecule has 0 bridgehead atoms. The number of aromatic nitrogens is 5. The van der Waals surface area contributed by atoms with E-state index in [4.69, 9.17) is 27.9 Å². The molecule has 2 aromatic carbocycles. The van der Waals surface area contributed by atoms with Crippen molar-refractivity contribution in [3.05, 3.63) is 83.1 Å². The minimum Gasteiger partial charge on any atom is -0.455 e. The lowest BCUT2D eigenvalue weighted by atomic mass is 10.2. The lowest BCUT2D eigenvalue weighted by Gasteiger charge is -2.16. The van der Waals surface area contributed by atoms with Crippen molar-refractivity contribution in [1.29, 1.82) is 0 Å². The number of halogens is 2. The maximum atomic E-state index is 12.7. The van der Waals surface area contributed by atoms with Crippen molar-refractivity contribution < 1.29 is 9.53 Å². The van der Waals surface area contributed by atoms with Gasteiger partial charge >= 0.3 is 6.03 Å². The van der Waals surface area contributed by atoms with Gasteiger partial charge < -0.3 is 15.4 Å². The fourth-order valence-corrected chi connectivity index (χ4v) is 3.12. The average molecular weight is 470 g/mol. The molecule has 0 aliphatic carbocycles. The molecule has 1 atom stereocenters. The molecule has 9 nitrogen and oxygen atoms in total. The second kappa shape index (κ2) is 9.63. The number of nitrogens with one attached hydrogen (secondary N) is 2. The summed E-state index contributed by atoms with van der Waals surface area (Å²) in [6.07, 6.45) is 4.57. The molecule has 2 N–H and O–H groups in total. The minimum atomic E-state index is -0.491. The van der Waals surface area contributed by atoms with Crippen molar-refractivity contribution in [3.63, 3.8) is 0 Å². The number of hydrogen-bond acceptors (Lipinski definition) is 6. The van der Waals surface area contributed by atoms with Crippen molar-refractivity contribution in [2.45, 2.75) is 13.0 Å². The van der Waals surface area contributed by atoms with Gasteiger partial charge in [0.05, 0.1) is 11.7 Å². The second-order valence-electron chi connectivity index (χ2n) is 6.60. The molecular formula is C21H17Cl2N7O2. The van der Waals surface area contributed by atoms with Crippen LogP contribution in [0.4, 0.5) is 10.5 Å². The van der Waals surface area contributed by atoms with Crippen LogP contribution in [0.1, 0.15) is 18.8 Å². The zero-order chi connectivity index (χ0) is 22.5. The summed E-state index contributed by atoms with van der Waals surface area (Å²) in [7, 11) is 0. The van der Waals surface area contributed by atoms with Gasteiger partial charge in [-0.2, -0.15) is 9.78 Å². The predicted octanol–water partition coefficient (Wildman–Crippen LogP) is 5.04. The first-order valence-corrected chi connectivity index (χ1v) is 10.2. The number of ether oxygens (including phenoxy) is 1. The van der Waals surface area contributed by atoms with Crippen molar-refractivity contribution in [3.8, 4) is 17.4 Å². The molecule has 0 fully saturated rings. The molecule has 32 heavy (non-hydrogen) atoms. The number of rotatable bonds is 6. The highest BCUT2D eigenvalue weighted by Gasteiger charge is 2.19. The molecule has 0 aliphatic heterocycles. The Bertz CT molecular complexity index is 1220. The molecule has 0 saturated carbocycles. The van der Waals surface area contributed by atoms with E-state index in [1.807, 2.05) is 0 Å². The number of carbonyl (C=O) groups is 1. The lowest BCUT2D eigenvalue weighted by Crippen LogP contribution is -2.32. The number of anilines is 1. The second-order valence-corrected chi connectivity index (χ2v) is 7.47. The quantitative estimate of drug-likeness (QED) is 0.409. The maximum Gasteiger partial charge on any atom is 0.319 e. The van der Waals surface area contributed by atoms with E-state index in [9.17, 15) is 4.79 Å². The number of amides is 2. The molecule has 11 heteroatoms. The van der Waals surface area contributed by atoms with E-state index >= 15 is 0 Å². The highest BCUT2D eigenvalue weighted by Crippen LogP contribution is 2.32. The summed E-state index contributed by atoms with van der Waals surface area (Å²) in [5, 5.41) is 10.8. The lowest BCUT2D eigenvalue weighted by molar-refractivity contribution is 0.248. The van der Waals surface area contributed by atoms with E-state index in [2.05, 4.69) is 30.7 Å². The van der Waals surface area contributed by atoms with Crippen LogP contribution in [0.5, 0.6) is 11.5 Å². The minimum absolute atomic E-state index is 0.352. The first-order chi connectivity index (χ1) is 15.5. The van der Waals surface area contributed by atoms with Crippen LogP contribution in [-0.2, 0) is 0 Å². The van der Waals surface area contributed by atoms with Gasteiger partial charge in [0.1, 0.15) is 12.1 Å². The summed E-state index contributed by atoms with van der Waals surface area (Å²) in [4.78, 5) is 25.2. The van der Waals surface area contributed by atoms with Gasteiger partial charge in [-0.1, -0.05) is 23.2 Å². The SMILES string of the molecule is C[C@H](NC(=O)Nc1ccc(Cl)cc1Oc1ccc(Cl)cc1)c1ncnn1-c1ncccn1. The average Bonchev–Trinajstić information content (AvgIpc) is 3.28. The van der Waals surface area contributed by atoms with Gasteiger partial charge in [-0.05, 0) is 49.4 Å². The summed E-state index contributed by atoms with van der Waals surface area (Å²) < 4.78 is 7.33. The van der Waals surface area contributed by atoms with Crippen molar-refractivity contribution >= 4 is 34.9 Å². The Morgan fingerprint density at radius 1 is 1.03 bits per heavy atom. The molecule has 2 amide bonds. The molecule has 4 aromatic rings. The highest BCUT2D eigenvalue weighted by atomic mass is 35.5. The largest absolute Gasteiger partial charge is 0.455 e. The van der Waals surface area contributed by atoms with E-state index in [1.165, 1.54) is 11.0 Å². The third kappa shape index (κ3) is 5.13. The highest BCUT2D eigenvalue weighted by molar-refractivity contribution is 6.31. The van der Waals surface area contributed by atoms with Crippen molar-refractivity contribution in [2.75, 3.05) is 5.32 Å². The van der Waals surface area contributed by atoms with Crippen LogP contribution in [0.15, 0.2) is 67.3 Å². The monoisotopic (exact) mass is 469 g/mol. The molecule has 4 rings (SSSR count). The number of benzene rings is 2. The maximum absolute atomic E-state index is 12.7. The zero-order valence-electron chi connectivity index (χ0n) is 16.7. The molecule has 2 heterocycles. The van der Waals surface area contributed by atoms with E-state index in [-0.39, 0.29) is 0 Å². The molecule has 0 radical (unpaired) electrons. The molecule has 2 aromatic heterocycles. The summed E-state index contributed by atoms with van der Waals surface area (Å²) in [5.41, 5.74) is 0.432. The van der Waals surface area contributed by atoms with Gasteiger partial charge in [0.25, 0.3) is 5.95 Å². The van der Waals surface area contributed by atoms with Crippen LogP contribution < -0.4 is 15.4 Å². The summed E-state index contributed by atoms with van der Waals surface area (Å²) in [6, 6.07) is 12.5. The van der Waals surface area contributed by atoms with Crippen LogP contribution in [0, 0.1) is 0 Å². The van der Waals surface area contributed by atoms with Gasteiger partial charge in [0.2, 0.25) is 0 Å². The molecular weight excluding hydrogens is 453 g/mol. The van der Waals surface area contributed by atoms with Gasteiger partial charge in [-0.25, -0.2) is 19.7 Å². The van der Waals surface area contributed by atoms with Gasteiger partial charge in [0.15, 0.2) is 11.6 Å². The van der Waals surface area contributed by atoms with Crippen molar-refractivity contribution in [2.24, 2.45) is 0 Å². The third-order valence-corrected chi connectivity index (χ3v) is 4.77. The Hall–Kier alpha value is -3.69. The summed E-state index contributed by atoms with van der Waals surface area (Å²) in [5.74, 6) is 1.75. The van der Waals surface area contributed by atoms with Crippen LogP contribution in [0.3, 0.4) is 0 Å². The molecule has 0 saturated heterocycles. The van der Waals surface area contributed by atoms with Crippen LogP contribution in [-0.4, -0.2) is 30.8 Å². The molecule has 0 spiro atoms. The third-order valence-electron chi connectivity index (χ3n) is 4.28. The normalized spacial score (nSPS) is 11.6. The standard InChI is InChI=1S/C21H17Cl2N7O2/c1-13(19-26-12-27-30(19)20-24-9-2-10-25-20)28-21(31)29-17-8-5-15(23)11-18(17)32-16-6-3-14(22)4-7-16/h2-13H,1H3,(H2,28,29,31)/t13-/m0/s1. The number of hydrogen-bond donors (Lipinski definition) is 2. The van der Waals surface area contributed by atoms with E-state index in [1.54, 1.807) is 67.8 Å². The first kappa shape index (κ1) is 21.5. The Kier molecular flexibility index (Phi) is 6.48. The zero-order valence-corrected chi connectivity index (χ0v) is 18.2. The number of carbonyl (C=O) groups excluding carboxylic acids is 1. The van der Waals surface area contributed by atoms with E-state index in [0.29, 0.717) is 39.0 Å². The number of nitrogens with zero attached hydrogens (tertiary/aromatic N) is 5. The van der Waals surface area contributed by atoms with Gasteiger partial charge in [0, 0.05) is 28.5 Å². The van der Waals surface area contributed by atoms with Crippen LogP contribution >= 0.6 is 23.2 Å². The smallest absolute Gasteiger partial charge is 0.319 e. The Labute approximate surface area is 193 Å². The van der Waals surface area contributed by atoms with E-state index < -0.39 is 12.1 Å². The Balaban J connectivity index is 1.48. The fraction of sp³-hybridized carbons (Fsp3) is 0.0952. The Morgan fingerprint density at radius 2 is 1.75 bits per heavy atom. The Morgan fingerprint density at radius 3 is 2.50 bits per heavy atom. The topological polar surface area (TPSA) is 107 Å². The number of urea groups is 1. The van der Waals surface area contributed by atoms with Gasteiger partial charge in [-0.3, -0.25) is 0 Å². The molecule has 162 valence electrons. The summed E-state index contributed by atoms with van der Waals surface area (Å²) in [6.45, 7) is 1.77. The first-order valence-electron chi connectivity index (χ1n) is 9.47. The molecule has 0 aliphatic rings. The fourth-order valence-electron chi connectivity index (χ4n) is 2.83. The van der Waals surface area contributed by atoms with E-state index in [0.717, 1.165) is 0 Å². The van der Waals surface area contributed by atoms with Crippen molar-refractivity contribution in [1.82, 2.24) is 30.0 Å². The van der Waals surface area contributed by atoms with Gasteiger partial charge in [-0.15, -0.1) is 0 Å². The molecule has 0 unspecified atom stereocenters. The van der Waals surface area contributed by atoms with Crippen LogP contribution in [0.2, 0.25) is 10.0 Å². The predicted molar refractivity (Wildman–Crippen MR) is 120 cm³/mol.